The van der Waals surface area contributed by atoms with E-state index in [1.807, 2.05) is 45.9 Å². The molecule has 1 N–H and O–H groups in total. The second-order valence-corrected chi connectivity index (χ2v) is 7.33. The van der Waals surface area contributed by atoms with Crippen molar-refractivity contribution in [1.82, 2.24) is 14.3 Å². The van der Waals surface area contributed by atoms with Crippen molar-refractivity contribution in [3.05, 3.63) is 27.5 Å². The van der Waals surface area contributed by atoms with Crippen LogP contribution in [0.5, 0.6) is 0 Å². The molecular weight excluding hydrogens is 306 g/mol. The van der Waals surface area contributed by atoms with Crippen molar-refractivity contribution in [2.45, 2.75) is 39.3 Å². The minimum absolute atomic E-state index is 0.0217. The number of H-pyrrole nitrogens is 1. The van der Waals surface area contributed by atoms with Crippen LogP contribution in [0.2, 0.25) is 0 Å². The zero-order valence-corrected chi connectivity index (χ0v) is 14.2. The largest absolute Gasteiger partial charge is 0.444 e. The lowest BCUT2D eigenvalue weighted by Gasteiger charge is -2.27. The maximum atomic E-state index is 12.1. The van der Waals surface area contributed by atoms with Crippen LogP contribution < -0.4 is 0 Å². The Morgan fingerprint density at radius 1 is 1.57 bits per heavy atom. The molecule has 0 aliphatic carbocycles. The van der Waals surface area contributed by atoms with E-state index in [1.54, 1.807) is 4.90 Å². The molecule has 0 saturated carbocycles. The highest BCUT2D eigenvalue weighted by Crippen LogP contribution is 2.21. The summed E-state index contributed by atoms with van der Waals surface area (Å²) in [6.45, 7) is 8.11. The van der Waals surface area contributed by atoms with Crippen LogP contribution in [0.1, 0.15) is 33.5 Å². The molecule has 0 saturated heterocycles. The number of aromatic nitrogens is 2. The van der Waals surface area contributed by atoms with Crippen molar-refractivity contribution in [3.8, 4) is 0 Å². The molecule has 1 atom stereocenters. The van der Waals surface area contributed by atoms with Gasteiger partial charge in [0.25, 0.3) is 0 Å². The number of rotatable bonds is 2. The maximum absolute atomic E-state index is 12.1. The third-order valence-corrected chi connectivity index (χ3v) is 3.76. The van der Waals surface area contributed by atoms with E-state index in [1.165, 1.54) is 11.5 Å². The predicted molar refractivity (Wildman–Crippen MR) is 86.8 cm³/mol. The number of nitrogens with one attached hydrogen (secondary N) is 1. The third kappa shape index (κ3) is 4.50. The first kappa shape index (κ1) is 15.9. The van der Waals surface area contributed by atoms with Gasteiger partial charge in [-0.15, -0.1) is 0 Å². The van der Waals surface area contributed by atoms with E-state index in [0.717, 1.165) is 11.4 Å². The zero-order chi connectivity index (χ0) is 15.6. The Morgan fingerprint density at radius 2 is 2.29 bits per heavy atom. The molecule has 0 aromatic carbocycles. The molecule has 2 rings (SSSR count). The van der Waals surface area contributed by atoms with E-state index >= 15 is 0 Å². The summed E-state index contributed by atoms with van der Waals surface area (Å²) in [4.78, 5) is 18.0. The van der Waals surface area contributed by atoms with Crippen molar-refractivity contribution < 1.29 is 9.53 Å². The van der Waals surface area contributed by atoms with Crippen molar-refractivity contribution in [2.24, 2.45) is 0 Å². The van der Waals surface area contributed by atoms with E-state index in [-0.39, 0.29) is 12.1 Å². The number of carbonyl (C=O) groups is 1. The quantitative estimate of drug-likeness (QED) is 0.841. The minimum Gasteiger partial charge on any atom is -0.444 e. The van der Waals surface area contributed by atoms with E-state index in [9.17, 15) is 4.79 Å². The molecule has 1 aliphatic heterocycles. The monoisotopic (exact) mass is 325 g/mol. The molecule has 7 heteroatoms. The summed E-state index contributed by atoms with van der Waals surface area (Å²) in [5.41, 5.74) is 0.575. The lowest BCUT2D eigenvalue weighted by molar-refractivity contribution is 0.0251. The first-order valence-corrected chi connectivity index (χ1v) is 7.91. The average molecular weight is 325 g/mol. The molecule has 0 radical (unpaired) electrons. The molecule has 0 bridgehead atoms. The van der Waals surface area contributed by atoms with Crippen molar-refractivity contribution in [2.75, 3.05) is 6.54 Å². The van der Waals surface area contributed by atoms with Gasteiger partial charge in [0.15, 0.2) is 3.95 Å². The fourth-order valence-electron chi connectivity index (χ4n) is 1.95. The van der Waals surface area contributed by atoms with Crippen molar-refractivity contribution >= 4 is 35.9 Å². The summed E-state index contributed by atoms with van der Waals surface area (Å²) in [7, 11) is 0. The summed E-state index contributed by atoms with van der Waals surface area (Å²) in [5.74, 6) is 0.731. The second-order valence-electron chi connectivity index (χ2n) is 5.89. The van der Waals surface area contributed by atoms with Gasteiger partial charge in [-0.2, -0.15) is 0 Å². The molecule has 1 aliphatic rings. The number of hydrogen-bond acceptors (Lipinski definition) is 5. The fourth-order valence-corrected chi connectivity index (χ4v) is 2.62. The van der Waals surface area contributed by atoms with Crippen LogP contribution in [0.15, 0.2) is 17.7 Å². The van der Waals surface area contributed by atoms with Crippen LogP contribution in [0.4, 0.5) is 4.79 Å². The Balaban J connectivity index is 1.99. The predicted octanol–water partition coefficient (Wildman–Crippen LogP) is 3.78. The molecule has 1 aromatic rings. The van der Waals surface area contributed by atoms with Crippen molar-refractivity contribution in [1.29, 1.82) is 0 Å². The highest BCUT2D eigenvalue weighted by Gasteiger charge is 2.29. The van der Waals surface area contributed by atoms with Crippen LogP contribution in [0.3, 0.4) is 0 Å². The van der Waals surface area contributed by atoms with Gasteiger partial charge in [0, 0.05) is 6.54 Å². The third-order valence-electron chi connectivity index (χ3n) is 2.84. The maximum Gasteiger partial charge on any atom is 0.411 e. The molecule has 1 amide bonds. The van der Waals surface area contributed by atoms with Gasteiger partial charge in [0.05, 0.1) is 6.04 Å². The molecule has 0 fully saturated rings. The number of ether oxygens (including phenoxy) is 1. The molecule has 21 heavy (non-hydrogen) atoms. The van der Waals surface area contributed by atoms with Gasteiger partial charge in [0.1, 0.15) is 11.4 Å². The number of nitrogens with zero attached hydrogens (tertiary/aromatic N) is 2. The van der Waals surface area contributed by atoms with Crippen LogP contribution in [0, 0.1) is 3.95 Å². The van der Waals surface area contributed by atoms with Crippen LogP contribution >= 0.6 is 23.8 Å². The molecule has 114 valence electrons. The van der Waals surface area contributed by atoms with E-state index in [0.29, 0.717) is 10.5 Å². The Morgan fingerprint density at radius 3 is 2.86 bits per heavy atom. The summed E-state index contributed by atoms with van der Waals surface area (Å²) < 4.78 is 9.00. The summed E-state index contributed by atoms with van der Waals surface area (Å²) >= 11 is 6.28. The zero-order valence-electron chi connectivity index (χ0n) is 12.5. The highest BCUT2D eigenvalue weighted by atomic mass is 32.2. The number of hydrogen-bond donors (Lipinski definition) is 1. The lowest BCUT2D eigenvalue weighted by atomic mass is 10.2. The first-order chi connectivity index (χ1) is 9.74. The average Bonchev–Trinajstić information content (AvgIpc) is 2.91. The molecule has 0 spiro atoms. The Hall–Kier alpha value is -1.47. The van der Waals surface area contributed by atoms with Gasteiger partial charge in [-0.05, 0) is 63.1 Å². The Bertz CT molecular complexity index is 637. The second kappa shape index (κ2) is 6.11. The standard InChI is InChI=1S/C14H19N3O2S2/c1-9-7-10(5-6-11-15-12(20)21-16-11)8-17(9)13(18)19-14(2,3)4/h5-7,9H,8H2,1-4H3,(H,15,16,20)/b6-5+/t9-/m1/s1. The van der Waals surface area contributed by atoms with Gasteiger partial charge >= 0.3 is 6.09 Å². The Labute approximate surface area is 133 Å². The highest BCUT2D eigenvalue weighted by molar-refractivity contribution is 7.73. The first-order valence-electron chi connectivity index (χ1n) is 6.68. The van der Waals surface area contributed by atoms with E-state index in [2.05, 4.69) is 9.36 Å². The van der Waals surface area contributed by atoms with Gasteiger partial charge in [-0.1, -0.05) is 12.2 Å². The summed E-state index contributed by atoms with van der Waals surface area (Å²) in [5, 5.41) is 0. The minimum atomic E-state index is -0.481. The molecule has 5 nitrogen and oxygen atoms in total. The number of amides is 1. The van der Waals surface area contributed by atoms with Gasteiger partial charge in [0.2, 0.25) is 0 Å². The fraction of sp³-hybridized carbons (Fsp3) is 0.500. The molecule has 2 heterocycles. The van der Waals surface area contributed by atoms with E-state index in [4.69, 9.17) is 17.0 Å². The van der Waals surface area contributed by atoms with Crippen LogP contribution in [-0.4, -0.2) is 38.5 Å². The van der Waals surface area contributed by atoms with E-state index < -0.39 is 5.60 Å². The summed E-state index contributed by atoms with van der Waals surface area (Å²) in [6.07, 6.45) is 5.56. The van der Waals surface area contributed by atoms with Crippen molar-refractivity contribution in [3.63, 3.8) is 0 Å². The molecule has 0 unspecified atom stereocenters. The Kier molecular flexibility index (Phi) is 4.63. The lowest BCUT2D eigenvalue weighted by Crippen LogP contribution is -2.39. The van der Waals surface area contributed by atoms with Gasteiger partial charge in [-0.3, -0.25) is 9.27 Å². The normalized spacial score (nSPS) is 19.1. The van der Waals surface area contributed by atoms with Crippen LogP contribution in [0.25, 0.3) is 6.08 Å². The molecular formula is C14H19N3O2S2. The number of aromatic amines is 1. The topological polar surface area (TPSA) is 58.2 Å². The smallest absolute Gasteiger partial charge is 0.411 e. The van der Waals surface area contributed by atoms with Crippen LogP contribution in [-0.2, 0) is 4.74 Å². The number of carbonyl (C=O) groups excluding carboxylic acids is 1. The molecule has 1 aromatic heterocycles. The summed E-state index contributed by atoms with van der Waals surface area (Å²) in [6, 6.07) is 0.0217. The SMILES string of the molecule is C[C@@H]1C=C(/C=C/c2nc(=S)s[nH]2)CN1C(=O)OC(C)(C)C. The van der Waals surface area contributed by atoms with Gasteiger partial charge in [-0.25, -0.2) is 9.78 Å². The van der Waals surface area contributed by atoms with Gasteiger partial charge < -0.3 is 4.74 Å².